The molecule has 26 heavy (non-hydrogen) atoms. The Labute approximate surface area is 161 Å². The minimum Gasteiger partial charge on any atom is -0.480 e. The second-order valence-corrected chi connectivity index (χ2v) is 7.54. The summed E-state index contributed by atoms with van der Waals surface area (Å²) in [6.07, 6.45) is 2.06. The van der Waals surface area contributed by atoms with Crippen molar-refractivity contribution in [3.05, 3.63) is 40.3 Å². The molecule has 2 N–H and O–H groups in total. The van der Waals surface area contributed by atoms with Crippen LogP contribution in [0.2, 0.25) is 0 Å². The Morgan fingerprint density at radius 2 is 2.00 bits per heavy atom. The van der Waals surface area contributed by atoms with E-state index in [-0.39, 0.29) is 18.9 Å². The fourth-order valence-electron chi connectivity index (χ4n) is 2.33. The van der Waals surface area contributed by atoms with Gasteiger partial charge in [-0.3, -0.25) is 14.5 Å². The molecule has 0 saturated carbocycles. The Hall–Kier alpha value is -2.19. The van der Waals surface area contributed by atoms with Gasteiger partial charge in [-0.05, 0) is 25.0 Å². The lowest BCUT2D eigenvalue weighted by Crippen LogP contribution is -2.42. The molecule has 2 rings (SSSR count). The molecule has 1 fully saturated rings. The van der Waals surface area contributed by atoms with Gasteiger partial charge < -0.3 is 10.4 Å². The zero-order chi connectivity index (χ0) is 19.3. The van der Waals surface area contributed by atoms with Crippen molar-refractivity contribution in [3.8, 4) is 0 Å². The van der Waals surface area contributed by atoms with E-state index in [1.54, 1.807) is 13.0 Å². The van der Waals surface area contributed by atoms with Crippen LogP contribution in [0.1, 0.15) is 30.9 Å². The number of carbonyl (C=O) groups excluding carboxylic acids is 2. The summed E-state index contributed by atoms with van der Waals surface area (Å²) in [6, 6.07) is 6.85. The molecule has 1 atom stereocenters. The summed E-state index contributed by atoms with van der Waals surface area (Å²) < 4.78 is 0.395. The molecule has 1 aliphatic heterocycles. The zero-order valence-electron chi connectivity index (χ0n) is 14.5. The number of thiocarbonyl (C=S) groups is 1. The third-order valence-corrected chi connectivity index (χ3v) is 5.23. The molecule has 0 aliphatic carbocycles. The van der Waals surface area contributed by atoms with E-state index in [2.05, 4.69) is 5.32 Å². The van der Waals surface area contributed by atoms with Crippen LogP contribution in [0.15, 0.2) is 29.2 Å². The van der Waals surface area contributed by atoms with Gasteiger partial charge >= 0.3 is 5.97 Å². The SMILES string of the molecule is CC[C@@H](NC(=O)CCN1C(=O)/C(=C\c2ccc(C)cc2)SC1=S)C(=O)O. The van der Waals surface area contributed by atoms with E-state index in [0.717, 1.165) is 11.1 Å². The van der Waals surface area contributed by atoms with E-state index in [9.17, 15) is 14.4 Å². The molecule has 0 spiro atoms. The second-order valence-electron chi connectivity index (χ2n) is 5.86. The number of aliphatic carboxylic acids is 1. The van der Waals surface area contributed by atoms with Crippen LogP contribution in [0.4, 0.5) is 0 Å². The lowest BCUT2D eigenvalue weighted by molar-refractivity contribution is -0.142. The summed E-state index contributed by atoms with van der Waals surface area (Å²) in [6.45, 7) is 3.79. The number of rotatable bonds is 7. The van der Waals surface area contributed by atoms with E-state index in [1.165, 1.54) is 16.7 Å². The van der Waals surface area contributed by atoms with Crippen molar-refractivity contribution in [2.45, 2.75) is 32.7 Å². The minimum atomic E-state index is -1.08. The topological polar surface area (TPSA) is 86.7 Å². The number of thioether (sulfide) groups is 1. The number of aryl methyl sites for hydroxylation is 1. The Balaban J connectivity index is 1.97. The van der Waals surface area contributed by atoms with Crippen LogP contribution in [0.5, 0.6) is 0 Å². The van der Waals surface area contributed by atoms with Gasteiger partial charge in [0.25, 0.3) is 5.91 Å². The number of carboxylic acid groups (broad SMARTS) is 1. The summed E-state index contributed by atoms with van der Waals surface area (Å²) in [4.78, 5) is 37.3. The molecule has 138 valence electrons. The van der Waals surface area contributed by atoms with Gasteiger partial charge in [0.2, 0.25) is 5.91 Å². The molecule has 1 heterocycles. The van der Waals surface area contributed by atoms with Crippen LogP contribution in [0.3, 0.4) is 0 Å². The maximum absolute atomic E-state index is 12.5. The molecular formula is C18H20N2O4S2. The highest BCUT2D eigenvalue weighted by atomic mass is 32.2. The Kier molecular flexibility index (Phi) is 6.93. The van der Waals surface area contributed by atoms with Crippen molar-refractivity contribution >= 4 is 52.2 Å². The highest BCUT2D eigenvalue weighted by molar-refractivity contribution is 8.26. The number of hydrogen-bond donors (Lipinski definition) is 2. The first-order valence-corrected chi connectivity index (χ1v) is 9.38. The van der Waals surface area contributed by atoms with Gasteiger partial charge in [-0.25, -0.2) is 4.79 Å². The van der Waals surface area contributed by atoms with E-state index < -0.39 is 17.9 Å². The van der Waals surface area contributed by atoms with Crippen molar-refractivity contribution in [3.63, 3.8) is 0 Å². The quantitative estimate of drug-likeness (QED) is 0.548. The van der Waals surface area contributed by atoms with Crippen molar-refractivity contribution in [1.29, 1.82) is 0 Å². The molecule has 2 amide bonds. The molecule has 1 aromatic carbocycles. The maximum Gasteiger partial charge on any atom is 0.326 e. The minimum absolute atomic E-state index is 0.00592. The fourth-order valence-corrected chi connectivity index (χ4v) is 3.63. The summed E-state index contributed by atoms with van der Waals surface area (Å²) in [7, 11) is 0. The lowest BCUT2D eigenvalue weighted by Gasteiger charge is -2.16. The van der Waals surface area contributed by atoms with Crippen LogP contribution >= 0.6 is 24.0 Å². The number of carboxylic acids is 1. The summed E-state index contributed by atoms with van der Waals surface area (Å²) in [5, 5.41) is 11.4. The van der Waals surface area contributed by atoms with Gasteiger partial charge in [0, 0.05) is 13.0 Å². The molecular weight excluding hydrogens is 372 g/mol. The van der Waals surface area contributed by atoms with Crippen molar-refractivity contribution in [2.75, 3.05) is 6.54 Å². The molecule has 0 aromatic heterocycles. The van der Waals surface area contributed by atoms with Crippen LogP contribution in [-0.4, -0.2) is 44.7 Å². The number of benzene rings is 1. The van der Waals surface area contributed by atoms with Crippen LogP contribution in [0, 0.1) is 6.92 Å². The third kappa shape index (κ3) is 5.15. The number of hydrogen-bond acceptors (Lipinski definition) is 5. The van der Waals surface area contributed by atoms with Gasteiger partial charge in [-0.2, -0.15) is 0 Å². The fraction of sp³-hybridized carbons (Fsp3) is 0.333. The van der Waals surface area contributed by atoms with Gasteiger partial charge in [0.1, 0.15) is 10.4 Å². The van der Waals surface area contributed by atoms with Gasteiger partial charge in [-0.1, -0.05) is 60.7 Å². The standard InChI is InChI=1S/C18H20N2O4S2/c1-3-13(17(23)24)19-15(21)8-9-20-16(22)14(26-18(20)25)10-12-6-4-11(2)5-7-12/h4-7,10,13H,3,8-9H2,1-2H3,(H,19,21)(H,23,24)/b14-10+/t13-/m1/s1. The van der Waals surface area contributed by atoms with E-state index in [0.29, 0.717) is 15.6 Å². The molecule has 0 unspecified atom stereocenters. The monoisotopic (exact) mass is 392 g/mol. The van der Waals surface area contributed by atoms with E-state index in [4.69, 9.17) is 17.3 Å². The predicted octanol–water partition coefficient (Wildman–Crippen LogP) is 2.57. The summed E-state index contributed by atoms with van der Waals surface area (Å²) >= 11 is 6.44. The van der Waals surface area contributed by atoms with Crippen molar-refractivity contribution in [1.82, 2.24) is 10.2 Å². The first-order valence-electron chi connectivity index (χ1n) is 8.16. The average molecular weight is 393 g/mol. The Morgan fingerprint density at radius 3 is 2.58 bits per heavy atom. The molecule has 1 aliphatic rings. The molecule has 0 radical (unpaired) electrons. The third-order valence-electron chi connectivity index (χ3n) is 3.85. The largest absolute Gasteiger partial charge is 0.480 e. The normalized spacial score (nSPS) is 16.8. The molecule has 6 nitrogen and oxygen atoms in total. The lowest BCUT2D eigenvalue weighted by atomic mass is 10.1. The van der Waals surface area contributed by atoms with Crippen LogP contribution in [0.25, 0.3) is 6.08 Å². The Bertz CT molecular complexity index is 759. The number of amides is 2. The van der Waals surface area contributed by atoms with Crippen molar-refractivity contribution < 1.29 is 19.5 Å². The van der Waals surface area contributed by atoms with E-state index in [1.807, 2.05) is 31.2 Å². The summed E-state index contributed by atoms with van der Waals surface area (Å²) in [5.74, 6) is -1.73. The van der Waals surface area contributed by atoms with Gasteiger partial charge in [-0.15, -0.1) is 0 Å². The molecule has 1 aromatic rings. The molecule has 1 saturated heterocycles. The van der Waals surface area contributed by atoms with E-state index >= 15 is 0 Å². The highest BCUT2D eigenvalue weighted by Gasteiger charge is 2.32. The first-order chi connectivity index (χ1) is 12.3. The van der Waals surface area contributed by atoms with Crippen LogP contribution in [-0.2, 0) is 14.4 Å². The highest BCUT2D eigenvalue weighted by Crippen LogP contribution is 2.32. The summed E-state index contributed by atoms with van der Waals surface area (Å²) in [5.41, 5.74) is 2.04. The number of carbonyl (C=O) groups is 3. The van der Waals surface area contributed by atoms with Gasteiger partial charge in [0.05, 0.1) is 4.91 Å². The molecule has 8 heteroatoms. The number of nitrogens with zero attached hydrogens (tertiary/aromatic N) is 1. The average Bonchev–Trinajstić information content (AvgIpc) is 2.86. The predicted molar refractivity (Wildman–Crippen MR) is 106 cm³/mol. The van der Waals surface area contributed by atoms with Crippen molar-refractivity contribution in [2.24, 2.45) is 0 Å². The smallest absolute Gasteiger partial charge is 0.326 e. The first kappa shape index (κ1) is 20.1. The van der Waals surface area contributed by atoms with Crippen LogP contribution < -0.4 is 5.32 Å². The zero-order valence-corrected chi connectivity index (χ0v) is 16.2. The van der Waals surface area contributed by atoms with Gasteiger partial charge in [0.15, 0.2) is 0 Å². The maximum atomic E-state index is 12.5. The number of nitrogens with one attached hydrogen (secondary N) is 1. The second kappa shape index (κ2) is 8.95. The Morgan fingerprint density at radius 1 is 1.35 bits per heavy atom. The molecule has 0 bridgehead atoms.